The zero-order chi connectivity index (χ0) is 15.5. The van der Waals surface area contributed by atoms with Gasteiger partial charge in [0.05, 0.1) is 17.9 Å². The van der Waals surface area contributed by atoms with Gasteiger partial charge in [-0.15, -0.1) is 0 Å². The van der Waals surface area contributed by atoms with E-state index in [2.05, 4.69) is 34.0 Å². The number of carbonyl (C=O) groups excluding carboxylic acids is 1. The molecule has 2 heterocycles. The highest BCUT2D eigenvalue weighted by Gasteiger charge is 2.29. The number of amides is 1. The number of aryl methyl sites for hydroxylation is 1. The molecule has 1 aromatic heterocycles. The monoisotopic (exact) mass is 296 g/mol. The van der Waals surface area contributed by atoms with Crippen LogP contribution in [0.2, 0.25) is 0 Å². The summed E-state index contributed by atoms with van der Waals surface area (Å²) < 4.78 is 0. The molecule has 0 spiro atoms. The van der Waals surface area contributed by atoms with Crippen LogP contribution in [0.1, 0.15) is 27.8 Å². The van der Waals surface area contributed by atoms with Gasteiger partial charge in [0.15, 0.2) is 0 Å². The summed E-state index contributed by atoms with van der Waals surface area (Å²) in [6.45, 7) is 4.11. The zero-order valence-corrected chi connectivity index (χ0v) is 12.9. The Kier molecular flexibility index (Phi) is 4.15. The highest BCUT2D eigenvalue weighted by atomic mass is 16.2. The minimum atomic E-state index is -0.0402. The second-order valence-corrected chi connectivity index (χ2v) is 5.70. The fraction of sp³-hybridized carbons (Fsp3) is 0.353. The molecule has 1 aliphatic heterocycles. The summed E-state index contributed by atoms with van der Waals surface area (Å²) in [6, 6.07) is 10.5. The molecular formula is C17H20N4O. The first-order chi connectivity index (χ1) is 10.6. The molecule has 0 aliphatic carbocycles. The van der Waals surface area contributed by atoms with Gasteiger partial charge >= 0.3 is 0 Å². The standard InChI is InChI=1S/C17H20N4O/c1-13-10-19-15(11-18-13)17(22)21-9-8-20(2)16(12-21)14-6-4-3-5-7-14/h3-7,10-11,16H,8-9,12H2,1-2H3/t16-/m1/s1. The van der Waals surface area contributed by atoms with Crippen molar-refractivity contribution in [3.05, 3.63) is 59.7 Å². The van der Waals surface area contributed by atoms with Gasteiger partial charge in [-0.2, -0.15) is 0 Å². The molecule has 0 radical (unpaired) electrons. The Morgan fingerprint density at radius 2 is 1.91 bits per heavy atom. The summed E-state index contributed by atoms with van der Waals surface area (Å²) in [5.41, 5.74) is 2.47. The number of benzene rings is 1. The summed E-state index contributed by atoms with van der Waals surface area (Å²) >= 11 is 0. The van der Waals surface area contributed by atoms with Crippen molar-refractivity contribution < 1.29 is 4.79 Å². The Bertz CT molecular complexity index is 641. The third-order valence-electron chi connectivity index (χ3n) is 4.12. The van der Waals surface area contributed by atoms with E-state index in [0.29, 0.717) is 18.8 Å². The molecule has 0 N–H and O–H groups in total. The van der Waals surface area contributed by atoms with Gasteiger partial charge in [0.2, 0.25) is 0 Å². The van der Waals surface area contributed by atoms with E-state index in [1.165, 1.54) is 5.56 Å². The van der Waals surface area contributed by atoms with Crippen LogP contribution in [0.15, 0.2) is 42.7 Å². The number of hydrogen-bond donors (Lipinski definition) is 0. The van der Waals surface area contributed by atoms with Gasteiger partial charge in [-0.3, -0.25) is 14.7 Å². The van der Waals surface area contributed by atoms with Crippen LogP contribution in [0.5, 0.6) is 0 Å². The molecule has 5 heteroatoms. The normalized spacial score (nSPS) is 19.2. The SMILES string of the molecule is Cc1cnc(C(=O)N2CCN(C)[C@@H](c3ccccc3)C2)cn1. The molecule has 0 bridgehead atoms. The molecule has 1 aromatic carbocycles. The van der Waals surface area contributed by atoms with Crippen molar-refractivity contribution in [2.24, 2.45) is 0 Å². The number of piperazine rings is 1. The third kappa shape index (κ3) is 2.99. The predicted octanol–water partition coefficient (Wildman–Crippen LogP) is 1.91. The van der Waals surface area contributed by atoms with E-state index >= 15 is 0 Å². The summed E-state index contributed by atoms with van der Waals surface area (Å²) in [7, 11) is 2.10. The topological polar surface area (TPSA) is 49.3 Å². The van der Waals surface area contributed by atoms with Crippen LogP contribution in [-0.2, 0) is 0 Å². The number of likely N-dealkylation sites (N-methyl/N-ethyl adjacent to an activating group) is 1. The maximum absolute atomic E-state index is 12.6. The van der Waals surface area contributed by atoms with E-state index in [9.17, 15) is 4.79 Å². The van der Waals surface area contributed by atoms with Gasteiger partial charge in [-0.1, -0.05) is 30.3 Å². The summed E-state index contributed by atoms with van der Waals surface area (Å²) in [6.07, 6.45) is 3.20. The molecule has 5 nitrogen and oxygen atoms in total. The van der Waals surface area contributed by atoms with E-state index in [4.69, 9.17) is 0 Å². The molecule has 1 saturated heterocycles. The number of aromatic nitrogens is 2. The smallest absolute Gasteiger partial charge is 0.274 e. The lowest BCUT2D eigenvalue weighted by molar-refractivity contribution is 0.0540. The second kappa shape index (κ2) is 6.23. The second-order valence-electron chi connectivity index (χ2n) is 5.70. The zero-order valence-electron chi connectivity index (χ0n) is 12.9. The summed E-state index contributed by atoms with van der Waals surface area (Å²) in [5, 5.41) is 0. The lowest BCUT2D eigenvalue weighted by Gasteiger charge is -2.39. The van der Waals surface area contributed by atoms with E-state index in [-0.39, 0.29) is 11.9 Å². The van der Waals surface area contributed by atoms with Gasteiger partial charge in [0.25, 0.3) is 5.91 Å². The first-order valence-corrected chi connectivity index (χ1v) is 7.48. The number of rotatable bonds is 2. The van der Waals surface area contributed by atoms with Crippen molar-refractivity contribution in [2.75, 3.05) is 26.7 Å². The van der Waals surface area contributed by atoms with Crippen molar-refractivity contribution in [1.29, 1.82) is 0 Å². The van der Waals surface area contributed by atoms with Crippen LogP contribution in [-0.4, -0.2) is 52.4 Å². The van der Waals surface area contributed by atoms with Gasteiger partial charge < -0.3 is 4.90 Å². The number of hydrogen-bond acceptors (Lipinski definition) is 4. The largest absolute Gasteiger partial charge is 0.334 e. The lowest BCUT2D eigenvalue weighted by Crippen LogP contribution is -2.49. The first kappa shape index (κ1) is 14.7. The van der Waals surface area contributed by atoms with Gasteiger partial charge in [0.1, 0.15) is 5.69 Å². The van der Waals surface area contributed by atoms with Crippen LogP contribution in [0.25, 0.3) is 0 Å². The molecule has 0 unspecified atom stereocenters. The molecule has 3 rings (SSSR count). The van der Waals surface area contributed by atoms with E-state index < -0.39 is 0 Å². The number of nitrogens with zero attached hydrogens (tertiary/aromatic N) is 4. The Hall–Kier alpha value is -2.27. The molecular weight excluding hydrogens is 276 g/mol. The van der Waals surface area contributed by atoms with Crippen molar-refractivity contribution in [2.45, 2.75) is 13.0 Å². The Balaban J connectivity index is 1.78. The fourth-order valence-electron chi connectivity index (χ4n) is 2.76. The molecule has 114 valence electrons. The third-order valence-corrected chi connectivity index (χ3v) is 4.12. The summed E-state index contributed by atoms with van der Waals surface area (Å²) in [4.78, 5) is 25.1. The predicted molar refractivity (Wildman–Crippen MR) is 84.5 cm³/mol. The van der Waals surface area contributed by atoms with E-state index in [1.807, 2.05) is 30.0 Å². The van der Waals surface area contributed by atoms with Crippen molar-refractivity contribution >= 4 is 5.91 Å². The van der Waals surface area contributed by atoms with Crippen LogP contribution in [0.3, 0.4) is 0 Å². The van der Waals surface area contributed by atoms with Gasteiger partial charge in [-0.05, 0) is 19.5 Å². The Morgan fingerprint density at radius 1 is 1.14 bits per heavy atom. The highest BCUT2D eigenvalue weighted by Crippen LogP contribution is 2.24. The maximum atomic E-state index is 12.6. The van der Waals surface area contributed by atoms with E-state index in [0.717, 1.165) is 12.2 Å². The van der Waals surface area contributed by atoms with Crippen molar-refractivity contribution in [1.82, 2.24) is 19.8 Å². The van der Waals surface area contributed by atoms with Gasteiger partial charge in [-0.25, -0.2) is 4.98 Å². The minimum Gasteiger partial charge on any atom is -0.334 e. The highest BCUT2D eigenvalue weighted by molar-refractivity contribution is 5.92. The molecule has 2 aromatic rings. The Morgan fingerprint density at radius 3 is 2.59 bits per heavy atom. The average molecular weight is 296 g/mol. The van der Waals surface area contributed by atoms with Crippen molar-refractivity contribution in [3.8, 4) is 0 Å². The average Bonchev–Trinajstić information content (AvgIpc) is 2.56. The molecule has 1 aliphatic rings. The molecule has 1 atom stereocenters. The van der Waals surface area contributed by atoms with Crippen LogP contribution in [0.4, 0.5) is 0 Å². The van der Waals surface area contributed by atoms with E-state index in [1.54, 1.807) is 12.4 Å². The quantitative estimate of drug-likeness (QED) is 0.849. The lowest BCUT2D eigenvalue weighted by atomic mass is 10.0. The van der Waals surface area contributed by atoms with Crippen molar-refractivity contribution in [3.63, 3.8) is 0 Å². The van der Waals surface area contributed by atoms with Crippen LogP contribution >= 0.6 is 0 Å². The van der Waals surface area contributed by atoms with Crippen LogP contribution < -0.4 is 0 Å². The number of carbonyl (C=O) groups is 1. The molecule has 22 heavy (non-hydrogen) atoms. The molecule has 0 saturated carbocycles. The molecule has 1 amide bonds. The molecule has 1 fully saturated rings. The summed E-state index contributed by atoms with van der Waals surface area (Å²) in [5.74, 6) is -0.0402. The minimum absolute atomic E-state index is 0.0402. The maximum Gasteiger partial charge on any atom is 0.274 e. The van der Waals surface area contributed by atoms with Crippen LogP contribution in [0, 0.1) is 6.92 Å². The Labute approximate surface area is 130 Å². The fourth-order valence-corrected chi connectivity index (χ4v) is 2.76. The van der Waals surface area contributed by atoms with Gasteiger partial charge in [0, 0.05) is 25.8 Å². The first-order valence-electron chi connectivity index (χ1n) is 7.48.